The van der Waals surface area contributed by atoms with Crippen molar-refractivity contribution in [3.8, 4) is 11.3 Å². The molecule has 1 aromatic carbocycles. The molecule has 1 heterocycles. The van der Waals surface area contributed by atoms with E-state index in [1.54, 1.807) is 6.07 Å². The van der Waals surface area contributed by atoms with E-state index in [1.807, 2.05) is 31.2 Å². The van der Waals surface area contributed by atoms with Crippen molar-refractivity contribution in [3.63, 3.8) is 0 Å². The monoisotopic (exact) mass is 229 g/mol. The third-order valence-electron chi connectivity index (χ3n) is 2.47. The van der Waals surface area contributed by atoms with Crippen LogP contribution < -0.4 is 5.56 Å². The Morgan fingerprint density at radius 2 is 2.00 bits per heavy atom. The number of rotatable bonds is 2. The minimum atomic E-state index is -1.22. The molecule has 0 atom stereocenters. The maximum absolute atomic E-state index is 11.5. The zero-order valence-corrected chi connectivity index (χ0v) is 9.23. The van der Waals surface area contributed by atoms with Crippen molar-refractivity contribution in [2.75, 3.05) is 0 Å². The Morgan fingerprint density at radius 1 is 1.24 bits per heavy atom. The van der Waals surface area contributed by atoms with Gasteiger partial charge in [-0.25, -0.2) is 4.79 Å². The van der Waals surface area contributed by atoms with Crippen molar-refractivity contribution in [2.24, 2.45) is 0 Å². The van der Waals surface area contributed by atoms with E-state index in [0.29, 0.717) is 5.69 Å². The van der Waals surface area contributed by atoms with Gasteiger partial charge in [0.05, 0.1) is 0 Å². The molecule has 0 saturated heterocycles. The number of hydrogen-bond acceptors (Lipinski definition) is 2. The predicted octanol–water partition coefficient (Wildman–Crippen LogP) is 2.05. The molecule has 0 radical (unpaired) electrons. The lowest BCUT2D eigenvalue weighted by molar-refractivity contribution is 0.0695. The van der Waals surface area contributed by atoms with E-state index < -0.39 is 11.5 Å². The summed E-state index contributed by atoms with van der Waals surface area (Å²) in [6.45, 7) is 1.95. The summed E-state index contributed by atoms with van der Waals surface area (Å²) in [5.41, 5.74) is 1.71. The fraction of sp³-hybridized carbons (Fsp3) is 0.0769. The van der Waals surface area contributed by atoms with E-state index >= 15 is 0 Å². The average molecular weight is 229 g/mol. The van der Waals surface area contributed by atoms with Gasteiger partial charge in [0.25, 0.3) is 5.56 Å². The van der Waals surface area contributed by atoms with Crippen molar-refractivity contribution in [3.05, 3.63) is 57.9 Å². The van der Waals surface area contributed by atoms with Crippen LogP contribution in [0.1, 0.15) is 15.9 Å². The molecule has 0 bridgehead atoms. The SMILES string of the molecule is Cc1cccc(-c2ccc(C(=O)O)c(=O)[nH]2)c1. The fourth-order valence-electron chi connectivity index (χ4n) is 1.62. The number of nitrogens with one attached hydrogen (secondary N) is 1. The Hall–Kier alpha value is -2.36. The quantitative estimate of drug-likeness (QED) is 0.827. The van der Waals surface area contributed by atoms with Crippen molar-refractivity contribution in [2.45, 2.75) is 6.92 Å². The number of carboxylic acid groups (broad SMARTS) is 1. The Labute approximate surface area is 97.6 Å². The molecular weight excluding hydrogens is 218 g/mol. The molecule has 0 aliphatic rings. The van der Waals surface area contributed by atoms with E-state index in [9.17, 15) is 9.59 Å². The Kier molecular flexibility index (Phi) is 2.78. The number of carbonyl (C=O) groups is 1. The van der Waals surface area contributed by atoms with Crippen LogP contribution in [0.2, 0.25) is 0 Å². The van der Waals surface area contributed by atoms with E-state index in [2.05, 4.69) is 4.98 Å². The first kappa shape index (κ1) is 11.1. The van der Waals surface area contributed by atoms with Crippen molar-refractivity contribution in [1.82, 2.24) is 4.98 Å². The average Bonchev–Trinajstić information content (AvgIpc) is 2.28. The number of aromatic amines is 1. The van der Waals surface area contributed by atoms with Gasteiger partial charge >= 0.3 is 5.97 Å². The zero-order chi connectivity index (χ0) is 12.4. The summed E-state index contributed by atoms with van der Waals surface area (Å²) in [7, 11) is 0. The highest BCUT2D eigenvalue weighted by atomic mass is 16.4. The van der Waals surface area contributed by atoms with Gasteiger partial charge < -0.3 is 10.1 Å². The van der Waals surface area contributed by atoms with Crippen LogP contribution in [-0.2, 0) is 0 Å². The standard InChI is InChI=1S/C13H11NO3/c1-8-3-2-4-9(7-8)11-6-5-10(13(16)17)12(15)14-11/h2-7H,1H3,(H,14,15)(H,16,17). The van der Waals surface area contributed by atoms with Crippen LogP contribution in [0.4, 0.5) is 0 Å². The zero-order valence-electron chi connectivity index (χ0n) is 9.23. The molecule has 2 rings (SSSR count). The first-order valence-corrected chi connectivity index (χ1v) is 5.11. The Bertz CT molecular complexity index is 629. The summed E-state index contributed by atoms with van der Waals surface area (Å²) >= 11 is 0. The van der Waals surface area contributed by atoms with Crippen LogP contribution in [0, 0.1) is 6.92 Å². The highest BCUT2D eigenvalue weighted by Gasteiger charge is 2.09. The van der Waals surface area contributed by atoms with Gasteiger partial charge in [-0.2, -0.15) is 0 Å². The van der Waals surface area contributed by atoms with Crippen LogP contribution in [0.25, 0.3) is 11.3 Å². The van der Waals surface area contributed by atoms with Gasteiger partial charge in [0.2, 0.25) is 0 Å². The first-order chi connectivity index (χ1) is 8.08. The molecule has 0 saturated carbocycles. The number of H-pyrrole nitrogens is 1. The molecule has 0 fully saturated rings. The van der Waals surface area contributed by atoms with Gasteiger partial charge in [0, 0.05) is 5.69 Å². The van der Waals surface area contributed by atoms with Crippen LogP contribution in [0.5, 0.6) is 0 Å². The molecule has 0 aliphatic heterocycles. The minimum absolute atomic E-state index is 0.249. The fourth-order valence-corrected chi connectivity index (χ4v) is 1.62. The molecule has 0 spiro atoms. The van der Waals surface area contributed by atoms with Gasteiger partial charge in [-0.3, -0.25) is 4.79 Å². The number of benzene rings is 1. The third-order valence-corrected chi connectivity index (χ3v) is 2.47. The molecule has 0 unspecified atom stereocenters. The highest BCUT2D eigenvalue weighted by molar-refractivity contribution is 5.87. The predicted molar refractivity (Wildman–Crippen MR) is 64.2 cm³/mol. The molecular formula is C13H11NO3. The maximum atomic E-state index is 11.5. The molecule has 4 nitrogen and oxygen atoms in total. The first-order valence-electron chi connectivity index (χ1n) is 5.11. The second-order valence-corrected chi connectivity index (χ2v) is 3.79. The second kappa shape index (κ2) is 4.25. The summed E-state index contributed by atoms with van der Waals surface area (Å²) < 4.78 is 0. The van der Waals surface area contributed by atoms with Crippen LogP contribution >= 0.6 is 0 Å². The topological polar surface area (TPSA) is 70.2 Å². The maximum Gasteiger partial charge on any atom is 0.341 e. The number of aromatic carboxylic acids is 1. The van der Waals surface area contributed by atoms with E-state index in [4.69, 9.17) is 5.11 Å². The number of hydrogen-bond donors (Lipinski definition) is 2. The number of aromatic nitrogens is 1. The van der Waals surface area contributed by atoms with E-state index in [1.165, 1.54) is 6.07 Å². The van der Waals surface area contributed by atoms with E-state index in [0.717, 1.165) is 11.1 Å². The van der Waals surface area contributed by atoms with Crippen LogP contribution in [-0.4, -0.2) is 16.1 Å². The lowest BCUT2D eigenvalue weighted by Gasteiger charge is -2.03. The molecule has 0 aliphatic carbocycles. The molecule has 2 N–H and O–H groups in total. The van der Waals surface area contributed by atoms with Gasteiger partial charge in [0.15, 0.2) is 0 Å². The van der Waals surface area contributed by atoms with Crippen LogP contribution in [0.15, 0.2) is 41.2 Å². The molecule has 0 amide bonds. The summed E-state index contributed by atoms with van der Waals surface area (Å²) in [4.78, 5) is 24.8. The summed E-state index contributed by atoms with van der Waals surface area (Å²) in [6.07, 6.45) is 0. The number of carboxylic acids is 1. The largest absolute Gasteiger partial charge is 0.477 e. The number of aryl methyl sites for hydroxylation is 1. The summed E-state index contributed by atoms with van der Waals surface area (Å²) in [5.74, 6) is -1.22. The summed E-state index contributed by atoms with van der Waals surface area (Å²) in [6, 6.07) is 10.5. The lowest BCUT2D eigenvalue weighted by Crippen LogP contribution is -2.17. The van der Waals surface area contributed by atoms with Gasteiger partial charge in [-0.15, -0.1) is 0 Å². The smallest absolute Gasteiger partial charge is 0.341 e. The van der Waals surface area contributed by atoms with Crippen molar-refractivity contribution in [1.29, 1.82) is 0 Å². The minimum Gasteiger partial charge on any atom is -0.477 e. The lowest BCUT2D eigenvalue weighted by atomic mass is 10.1. The Morgan fingerprint density at radius 3 is 2.59 bits per heavy atom. The molecule has 4 heteroatoms. The normalized spacial score (nSPS) is 10.2. The molecule has 17 heavy (non-hydrogen) atoms. The molecule has 1 aromatic heterocycles. The van der Waals surface area contributed by atoms with Crippen LogP contribution in [0.3, 0.4) is 0 Å². The summed E-state index contributed by atoms with van der Waals surface area (Å²) in [5, 5.41) is 8.75. The van der Waals surface area contributed by atoms with Crippen molar-refractivity contribution < 1.29 is 9.90 Å². The molecule has 2 aromatic rings. The van der Waals surface area contributed by atoms with Gasteiger partial charge in [0.1, 0.15) is 5.56 Å². The third kappa shape index (κ3) is 2.25. The number of pyridine rings is 1. The second-order valence-electron chi connectivity index (χ2n) is 3.79. The highest BCUT2D eigenvalue weighted by Crippen LogP contribution is 2.16. The Balaban J connectivity index is 2.52. The van der Waals surface area contributed by atoms with E-state index in [-0.39, 0.29) is 5.56 Å². The van der Waals surface area contributed by atoms with Gasteiger partial charge in [-0.05, 0) is 30.7 Å². The molecule has 86 valence electrons. The van der Waals surface area contributed by atoms with Gasteiger partial charge in [-0.1, -0.05) is 23.8 Å². The van der Waals surface area contributed by atoms with Crippen molar-refractivity contribution >= 4 is 5.97 Å².